The van der Waals surface area contributed by atoms with Crippen LogP contribution in [0.1, 0.15) is 37.8 Å². The minimum Gasteiger partial charge on any atom is -0.491 e. The molecule has 1 aromatic carbocycles. The number of nitrogens with one attached hydrogen (secondary N) is 3. The summed E-state index contributed by atoms with van der Waals surface area (Å²) >= 11 is 0. The lowest BCUT2D eigenvalue weighted by molar-refractivity contribution is 0.110. The molecule has 2 aromatic rings. The maximum Gasteiger partial charge on any atom is 0.191 e. The predicted molar refractivity (Wildman–Crippen MR) is 128 cm³/mol. The number of benzene rings is 1. The first-order chi connectivity index (χ1) is 15.2. The van der Waals surface area contributed by atoms with E-state index in [4.69, 9.17) is 14.5 Å². The van der Waals surface area contributed by atoms with Crippen LogP contribution in [-0.2, 0) is 11.3 Å². The van der Waals surface area contributed by atoms with Crippen molar-refractivity contribution in [1.82, 2.24) is 15.6 Å². The van der Waals surface area contributed by atoms with E-state index in [9.17, 15) is 0 Å². The highest BCUT2D eigenvalue weighted by Gasteiger charge is 2.05. The van der Waals surface area contributed by atoms with E-state index in [-0.39, 0.29) is 0 Å². The van der Waals surface area contributed by atoms with Crippen molar-refractivity contribution in [3.05, 3.63) is 53.7 Å². The molecule has 0 fully saturated rings. The lowest BCUT2D eigenvalue weighted by Crippen LogP contribution is -2.37. The molecule has 0 amide bonds. The number of pyridine rings is 1. The zero-order valence-electron chi connectivity index (χ0n) is 19.1. The van der Waals surface area contributed by atoms with Gasteiger partial charge in [-0.15, -0.1) is 0 Å². The van der Waals surface area contributed by atoms with E-state index in [0.717, 1.165) is 55.6 Å². The number of nitrogens with zero attached hydrogens (tertiary/aromatic N) is 2. The number of aliphatic imine (C=N–C) groups is 1. The number of ether oxygens (including phenoxy) is 2. The highest BCUT2D eigenvalue weighted by molar-refractivity contribution is 5.79. The Balaban J connectivity index is 1.79. The number of rotatable bonds is 14. The second kappa shape index (κ2) is 15.1. The van der Waals surface area contributed by atoms with Crippen LogP contribution in [0.15, 0.2) is 47.6 Å². The van der Waals surface area contributed by atoms with Crippen LogP contribution in [0.5, 0.6) is 5.75 Å². The number of guanidine groups is 1. The number of hydrogen-bond acceptors (Lipinski definition) is 5. The first-order valence-electron chi connectivity index (χ1n) is 11.2. The molecule has 1 heterocycles. The summed E-state index contributed by atoms with van der Waals surface area (Å²) in [7, 11) is 0. The molecule has 0 radical (unpaired) electrons. The summed E-state index contributed by atoms with van der Waals surface area (Å²) < 4.78 is 11.3. The minimum absolute atomic E-state index is 0.541. The summed E-state index contributed by atoms with van der Waals surface area (Å²) in [5, 5.41) is 10.1. The largest absolute Gasteiger partial charge is 0.491 e. The Morgan fingerprint density at radius 1 is 1.03 bits per heavy atom. The van der Waals surface area contributed by atoms with Crippen molar-refractivity contribution in [2.75, 3.05) is 44.8 Å². The molecule has 1 aromatic heterocycles. The number of hydrogen-bond donors (Lipinski definition) is 3. The number of unbranched alkanes of at least 4 members (excludes halogenated alkanes) is 1. The predicted octanol–water partition coefficient (Wildman–Crippen LogP) is 3.75. The van der Waals surface area contributed by atoms with Gasteiger partial charge in [0.05, 0.1) is 13.2 Å². The van der Waals surface area contributed by atoms with E-state index in [2.05, 4.69) is 53.0 Å². The molecule has 2 rings (SSSR count). The van der Waals surface area contributed by atoms with Gasteiger partial charge in [0.25, 0.3) is 0 Å². The molecule has 0 atom stereocenters. The number of aromatic nitrogens is 1. The molecule has 0 aliphatic heterocycles. The maximum absolute atomic E-state index is 5.93. The van der Waals surface area contributed by atoms with E-state index in [0.29, 0.717) is 26.4 Å². The fraction of sp³-hybridized carbons (Fsp3) is 0.500. The van der Waals surface area contributed by atoms with Crippen molar-refractivity contribution in [2.24, 2.45) is 4.99 Å². The van der Waals surface area contributed by atoms with Crippen molar-refractivity contribution >= 4 is 11.8 Å². The number of anilines is 1. The summed E-state index contributed by atoms with van der Waals surface area (Å²) in [4.78, 5) is 9.01. The Morgan fingerprint density at radius 2 is 1.90 bits per heavy atom. The molecule has 31 heavy (non-hydrogen) atoms. The Kier molecular flexibility index (Phi) is 11.9. The molecule has 0 unspecified atom stereocenters. The Bertz CT molecular complexity index is 768. The summed E-state index contributed by atoms with van der Waals surface area (Å²) in [6.45, 7) is 11.1. The molecule has 170 valence electrons. The van der Waals surface area contributed by atoms with Crippen molar-refractivity contribution in [1.29, 1.82) is 0 Å². The Hall–Kier alpha value is -2.80. The van der Waals surface area contributed by atoms with Gasteiger partial charge >= 0.3 is 0 Å². The third-order valence-corrected chi connectivity index (χ3v) is 4.53. The monoisotopic (exact) mass is 427 g/mol. The van der Waals surface area contributed by atoms with Crippen LogP contribution in [0.4, 0.5) is 5.82 Å². The van der Waals surface area contributed by atoms with Crippen molar-refractivity contribution < 1.29 is 9.47 Å². The van der Waals surface area contributed by atoms with Crippen LogP contribution in [0.25, 0.3) is 0 Å². The molecule has 7 nitrogen and oxygen atoms in total. The van der Waals surface area contributed by atoms with Gasteiger partial charge in [-0.1, -0.05) is 18.2 Å². The zero-order chi connectivity index (χ0) is 22.2. The quantitative estimate of drug-likeness (QED) is 0.242. The van der Waals surface area contributed by atoms with Crippen LogP contribution in [0.3, 0.4) is 0 Å². The third kappa shape index (κ3) is 10.2. The van der Waals surface area contributed by atoms with E-state index >= 15 is 0 Å². The topological polar surface area (TPSA) is 79.8 Å². The SMILES string of the molecule is CCNC(=NCc1ccc(C)cc1OCCOCC)NCCCCNc1ccccn1. The summed E-state index contributed by atoms with van der Waals surface area (Å²) in [5.74, 6) is 2.61. The van der Waals surface area contributed by atoms with Crippen LogP contribution >= 0.6 is 0 Å². The van der Waals surface area contributed by atoms with Gasteiger partial charge < -0.3 is 25.4 Å². The lowest BCUT2D eigenvalue weighted by atomic mass is 10.1. The Labute approximate surface area is 186 Å². The fourth-order valence-corrected chi connectivity index (χ4v) is 2.93. The van der Waals surface area contributed by atoms with Crippen LogP contribution in [0, 0.1) is 6.92 Å². The van der Waals surface area contributed by atoms with E-state index in [1.165, 1.54) is 5.56 Å². The fourth-order valence-electron chi connectivity index (χ4n) is 2.93. The third-order valence-electron chi connectivity index (χ3n) is 4.53. The molecular formula is C24H37N5O2. The molecule has 0 aliphatic rings. The van der Waals surface area contributed by atoms with Gasteiger partial charge in [-0.05, 0) is 57.4 Å². The van der Waals surface area contributed by atoms with Gasteiger partial charge in [0.15, 0.2) is 5.96 Å². The first kappa shape index (κ1) is 24.5. The second-order valence-electron chi connectivity index (χ2n) is 7.13. The molecule has 0 spiro atoms. The summed E-state index contributed by atoms with van der Waals surface area (Å²) in [5.41, 5.74) is 2.24. The van der Waals surface area contributed by atoms with Gasteiger partial charge in [-0.25, -0.2) is 9.98 Å². The zero-order valence-corrected chi connectivity index (χ0v) is 19.1. The minimum atomic E-state index is 0.541. The normalized spacial score (nSPS) is 11.3. The average molecular weight is 428 g/mol. The van der Waals surface area contributed by atoms with E-state index in [1.54, 1.807) is 6.20 Å². The Morgan fingerprint density at radius 3 is 2.68 bits per heavy atom. The van der Waals surface area contributed by atoms with Crippen LogP contribution in [0.2, 0.25) is 0 Å². The van der Waals surface area contributed by atoms with Crippen molar-refractivity contribution in [3.8, 4) is 5.75 Å². The number of aryl methyl sites for hydroxylation is 1. The summed E-state index contributed by atoms with van der Waals surface area (Å²) in [6.07, 6.45) is 3.89. The second-order valence-corrected chi connectivity index (χ2v) is 7.13. The van der Waals surface area contributed by atoms with Gasteiger partial charge in [0.1, 0.15) is 18.2 Å². The van der Waals surface area contributed by atoms with Crippen molar-refractivity contribution in [3.63, 3.8) is 0 Å². The molecule has 3 N–H and O–H groups in total. The van der Waals surface area contributed by atoms with Crippen LogP contribution < -0.4 is 20.7 Å². The molecule has 7 heteroatoms. The molecule has 0 saturated heterocycles. The maximum atomic E-state index is 5.93. The van der Waals surface area contributed by atoms with Gasteiger partial charge in [0, 0.05) is 38.0 Å². The molecular weight excluding hydrogens is 390 g/mol. The molecule has 0 bridgehead atoms. The summed E-state index contributed by atoms with van der Waals surface area (Å²) in [6, 6.07) is 12.1. The highest BCUT2D eigenvalue weighted by Crippen LogP contribution is 2.21. The average Bonchev–Trinajstić information content (AvgIpc) is 2.79. The smallest absolute Gasteiger partial charge is 0.191 e. The lowest BCUT2D eigenvalue weighted by Gasteiger charge is -2.14. The van der Waals surface area contributed by atoms with E-state index < -0.39 is 0 Å². The first-order valence-corrected chi connectivity index (χ1v) is 11.2. The van der Waals surface area contributed by atoms with E-state index in [1.807, 2.05) is 25.1 Å². The van der Waals surface area contributed by atoms with Crippen molar-refractivity contribution in [2.45, 2.75) is 40.2 Å². The van der Waals surface area contributed by atoms with Gasteiger partial charge in [-0.3, -0.25) is 0 Å². The molecule has 0 saturated carbocycles. The van der Waals surface area contributed by atoms with Gasteiger partial charge in [-0.2, -0.15) is 0 Å². The highest BCUT2D eigenvalue weighted by atomic mass is 16.5. The van der Waals surface area contributed by atoms with Crippen LogP contribution in [-0.4, -0.2) is 50.4 Å². The standard InChI is InChI=1S/C24H37N5O2/c1-4-25-24(28-15-9-8-14-27-23-10-6-7-13-26-23)29-19-21-12-11-20(3)18-22(21)31-17-16-30-5-2/h6-7,10-13,18H,4-5,8-9,14-17,19H2,1-3H3,(H,26,27)(H2,25,28,29). The molecule has 0 aliphatic carbocycles. The van der Waals surface area contributed by atoms with Gasteiger partial charge in [0.2, 0.25) is 0 Å².